The number of hydrogen-bond acceptors (Lipinski definition) is 4. The van der Waals surface area contributed by atoms with Gasteiger partial charge in [-0.15, -0.1) is 11.3 Å². The molecule has 0 fully saturated rings. The number of nitrogens with zero attached hydrogens (tertiary/aromatic N) is 1. The molecule has 0 saturated carbocycles. The van der Waals surface area contributed by atoms with Crippen LogP contribution < -0.4 is 5.32 Å². The third kappa shape index (κ3) is 2.55. The Hall–Kier alpha value is -1.86. The van der Waals surface area contributed by atoms with Gasteiger partial charge in [0.2, 0.25) is 0 Å². The average molecular weight is 417 g/mol. The van der Waals surface area contributed by atoms with E-state index in [0.29, 0.717) is 9.23 Å². The second-order valence-electron chi connectivity index (χ2n) is 6.85. The van der Waals surface area contributed by atoms with Crippen molar-refractivity contribution in [1.82, 2.24) is 9.29 Å². The fourth-order valence-corrected chi connectivity index (χ4v) is 7.28. The molecule has 0 aliphatic carbocycles. The number of nitrogens with one attached hydrogen (secondary N) is 1. The molecule has 1 aliphatic heterocycles. The van der Waals surface area contributed by atoms with Gasteiger partial charge in [0.25, 0.3) is 10.0 Å². The van der Waals surface area contributed by atoms with Crippen molar-refractivity contribution in [3.63, 3.8) is 0 Å². The fraction of sp³-hybridized carbons (Fsp3) is 0.200. The maximum Gasteiger partial charge on any atom is 0.277 e. The van der Waals surface area contributed by atoms with Gasteiger partial charge in [-0.05, 0) is 66.2 Å². The Kier molecular flexibility index (Phi) is 3.88. The van der Waals surface area contributed by atoms with Gasteiger partial charge in [0.1, 0.15) is 4.21 Å². The lowest BCUT2D eigenvalue weighted by Crippen LogP contribution is -2.15. The monoisotopic (exact) mass is 416 g/mol. The Morgan fingerprint density at radius 2 is 2.04 bits per heavy atom. The third-order valence-corrected chi connectivity index (χ3v) is 8.97. The third-order valence-electron chi connectivity index (χ3n) is 5.19. The van der Waals surface area contributed by atoms with E-state index in [4.69, 9.17) is 11.6 Å². The average Bonchev–Trinajstić information content (AvgIpc) is 3.10. The van der Waals surface area contributed by atoms with Crippen molar-refractivity contribution in [2.75, 3.05) is 6.54 Å². The summed E-state index contributed by atoms with van der Waals surface area (Å²) in [5, 5.41) is 5.96. The van der Waals surface area contributed by atoms with Crippen LogP contribution in [-0.4, -0.2) is 18.9 Å². The first kappa shape index (κ1) is 17.3. The molecule has 0 bridgehead atoms. The van der Waals surface area contributed by atoms with Crippen LogP contribution in [0.4, 0.5) is 0 Å². The molecule has 27 heavy (non-hydrogen) atoms. The van der Waals surface area contributed by atoms with Gasteiger partial charge in [0.05, 0.1) is 5.52 Å². The summed E-state index contributed by atoms with van der Waals surface area (Å²) in [5.41, 5.74) is 3.73. The highest BCUT2D eigenvalue weighted by molar-refractivity contribution is 7.92. The number of aryl methyl sites for hydroxylation is 1. The molecule has 2 aromatic heterocycles. The van der Waals surface area contributed by atoms with Gasteiger partial charge in [-0.1, -0.05) is 23.7 Å². The summed E-state index contributed by atoms with van der Waals surface area (Å²) in [6.45, 7) is 3.45. The lowest BCUT2D eigenvalue weighted by atomic mass is 10.1. The van der Waals surface area contributed by atoms with Crippen molar-refractivity contribution < 1.29 is 8.42 Å². The quantitative estimate of drug-likeness (QED) is 0.515. The highest BCUT2D eigenvalue weighted by Gasteiger charge is 2.27. The molecule has 5 rings (SSSR count). The van der Waals surface area contributed by atoms with E-state index in [9.17, 15) is 8.42 Å². The van der Waals surface area contributed by atoms with E-state index in [1.165, 1.54) is 15.3 Å². The number of benzene rings is 2. The van der Waals surface area contributed by atoms with Crippen LogP contribution in [0.1, 0.15) is 16.7 Å². The highest BCUT2D eigenvalue weighted by Crippen LogP contribution is 2.38. The van der Waals surface area contributed by atoms with Gasteiger partial charge in [0, 0.05) is 27.9 Å². The van der Waals surface area contributed by atoms with Crippen LogP contribution in [0.5, 0.6) is 0 Å². The van der Waals surface area contributed by atoms with Gasteiger partial charge >= 0.3 is 0 Å². The maximum absolute atomic E-state index is 13.6. The molecule has 138 valence electrons. The molecular weight excluding hydrogens is 400 g/mol. The summed E-state index contributed by atoms with van der Waals surface area (Å²) < 4.78 is 30.0. The molecule has 4 nitrogen and oxygen atoms in total. The maximum atomic E-state index is 13.6. The molecule has 4 aromatic rings. The molecule has 0 saturated heterocycles. The summed E-state index contributed by atoms with van der Waals surface area (Å²) in [6, 6.07) is 11.4. The largest absolute Gasteiger partial charge is 0.312 e. The van der Waals surface area contributed by atoms with Gasteiger partial charge < -0.3 is 5.32 Å². The van der Waals surface area contributed by atoms with Crippen LogP contribution >= 0.6 is 22.9 Å². The Labute approximate surface area is 166 Å². The van der Waals surface area contributed by atoms with Crippen molar-refractivity contribution >= 4 is 54.0 Å². The van der Waals surface area contributed by atoms with Crippen LogP contribution in [0.15, 0.2) is 46.8 Å². The first-order valence-corrected chi connectivity index (χ1v) is 11.4. The SMILES string of the molecule is Cc1c(S(=O)(=O)n2cc3c4c(cccc42)CNCC3)sc2ccc(Cl)cc12. The number of rotatable bonds is 2. The minimum Gasteiger partial charge on any atom is -0.312 e. The van der Waals surface area contributed by atoms with Crippen LogP contribution in [0.2, 0.25) is 5.02 Å². The van der Waals surface area contributed by atoms with E-state index in [1.807, 2.05) is 31.2 Å². The van der Waals surface area contributed by atoms with Crippen molar-refractivity contribution in [2.45, 2.75) is 24.1 Å². The van der Waals surface area contributed by atoms with E-state index in [1.54, 1.807) is 12.3 Å². The number of aromatic nitrogens is 1. The van der Waals surface area contributed by atoms with Crippen LogP contribution in [-0.2, 0) is 23.0 Å². The number of fused-ring (bicyclic) bond motifs is 1. The molecule has 1 N–H and O–H groups in total. The molecule has 0 unspecified atom stereocenters. The second-order valence-corrected chi connectivity index (χ2v) is 10.3. The van der Waals surface area contributed by atoms with Gasteiger partial charge in [-0.2, -0.15) is 8.42 Å². The highest BCUT2D eigenvalue weighted by atomic mass is 35.5. The van der Waals surface area contributed by atoms with Crippen molar-refractivity contribution in [3.05, 3.63) is 64.3 Å². The van der Waals surface area contributed by atoms with Gasteiger partial charge in [-0.25, -0.2) is 3.97 Å². The Morgan fingerprint density at radius 3 is 2.89 bits per heavy atom. The van der Waals surface area contributed by atoms with Crippen LogP contribution in [0.3, 0.4) is 0 Å². The minimum absolute atomic E-state index is 0.379. The first-order valence-electron chi connectivity index (χ1n) is 8.73. The first-order chi connectivity index (χ1) is 13.0. The van der Waals surface area contributed by atoms with E-state index in [0.717, 1.165) is 57.2 Å². The zero-order chi connectivity index (χ0) is 18.8. The van der Waals surface area contributed by atoms with E-state index in [-0.39, 0.29) is 0 Å². The van der Waals surface area contributed by atoms with Gasteiger partial charge in [0.15, 0.2) is 0 Å². The topological polar surface area (TPSA) is 51.1 Å². The van der Waals surface area contributed by atoms with Crippen LogP contribution in [0, 0.1) is 6.92 Å². The second kappa shape index (κ2) is 6.07. The van der Waals surface area contributed by atoms with E-state index in [2.05, 4.69) is 11.4 Å². The summed E-state index contributed by atoms with van der Waals surface area (Å²) in [5.74, 6) is 0. The molecule has 7 heteroatoms. The lowest BCUT2D eigenvalue weighted by Gasteiger charge is -2.08. The molecule has 0 spiro atoms. The van der Waals surface area contributed by atoms with Crippen molar-refractivity contribution in [3.8, 4) is 0 Å². The summed E-state index contributed by atoms with van der Waals surface area (Å²) >= 11 is 7.42. The van der Waals surface area contributed by atoms with E-state index >= 15 is 0 Å². The number of halogens is 1. The molecule has 0 amide bonds. The molecule has 1 aliphatic rings. The molecule has 2 aromatic carbocycles. The Bertz CT molecular complexity index is 1320. The lowest BCUT2D eigenvalue weighted by molar-refractivity contribution is 0.590. The Balaban J connectivity index is 1.79. The van der Waals surface area contributed by atoms with E-state index < -0.39 is 10.0 Å². The zero-order valence-electron chi connectivity index (χ0n) is 14.6. The van der Waals surface area contributed by atoms with Crippen molar-refractivity contribution in [2.24, 2.45) is 0 Å². The van der Waals surface area contributed by atoms with Crippen LogP contribution in [0.25, 0.3) is 21.0 Å². The molecule has 3 heterocycles. The summed E-state index contributed by atoms with van der Waals surface area (Å²) in [7, 11) is -3.69. The minimum atomic E-state index is -3.69. The standard InChI is InChI=1S/C20H17ClN2O2S2/c1-12-16-9-15(21)5-6-18(16)26-20(12)27(24,25)23-11-14-7-8-22-10-13-3-2-4-17(23)19(13)14/h2-6,9,11,22H,7-8,10H2,1H3. The van der Waals surface area contributed by atoms with Crippen molar-refractivity contribution in [1.29, 1.82) is 0 Å². The van der Waals surface area contributed by atoms with Gasteiger partial charge in [-0.3, -0.25) is 0 Å². The smallest absolute Gasteiger partial charge is 0.277 e. The predicted molar refractivity (Wildman–Crippen MR) is 112 cm³/mol. The zero-order valence-corrected chi connectivity index (χ0v) is 17.0. The Morgan fingerprint density at radius 1 is 1.19 bits per heavy atom. The summed E-state index contributed by atoms with van der Waals surface area (Å²) in [4.78, 5) is 0. The molecule has 0 atom stereocenters. The fourth-order valence-electron chi connectivity index (χ4n) is 3.90. The summed E-state index contributed by atoms with van der Waals surface area (Å²) in [6.07, 6.45) is 2.62. The number of hydrogen-bond donors (Lipinski definition) is 1. The molecule has 0 radical (unpaired) electrons. The normalized spacial score (nSPS) is 14.7. The predicted octanol–water partition coefficient (Wildman–Crippen LogP) is 4.70. The number of thiophene rings is 1. The molecular formula is C20H17ClN2O2S2.